The summed E-state index contributed by atoms with van der Waals surface area (Å²) in [6, 6.07) is 7.27. The lowest BCUT2D eigenvalue weighted by atomic mass is 10.1. The summed E-state index contributed by atoms with van der Waals surface area (Å²) < 4.78 is 38.4. The van der Waals surface area contributed by atoms with Crippen LogP contribution in [0.25, 0.3) is 0 Å². The molecule has 0 saturated carbocycles. The molecule has 19 heavy (non-hydrogen) atoms. The normalized spacial score (nSPS) is 11.4. The maximum Gasteiger partial charge on any atom is 0.418 e. The van der Waals surface area contributed by atoms with E-state index in [1.165, 1.54) is 12.1 Å². The maximum absolute atomic E-state index is 12.8. The average Bonchev–Trinajstić information content (AvgIpc) is 2.37. The van der Waals surface area contributed by atoms with Crippen LogP contribution < -0.4 is 5.32 Å². The van der Waals surface area contributed by atoms with Crippen molar-refractivity contribution in [1.29, 1.82) is 0 Å². The van der Waals surface area contributed by atoms with E-state index in [2.05, 4.69) is 10.3 Å². The Kier molecular flexibility index (Phi) is 3.74. The fraction of sp³-hybridized carbons (Fsp3) is 0.214. The number of nitrogens with zero attached hydrogens (tertiary/aromatic N) is 1. The molecule has 100 valence electrons. The number of hydrogen-bond donors (Lipinski definition) is 1. The van der Waals surface area contributed by atoms with Crippen molar-refractivity contribution in [2.45, 2.75) is 19.6 Å². The first-order valence-electron chi connectivity index (χ1n) is 5.78. The smallest absolute Gasteiger partial charge is 0.380 e. The van der Waals surface area contributed by atoms with E-state index in [4.69, 9.17) is 0 Å². The molecule has 0 unspecified atom stereocenters. The summed E-state index contributed by atoms with van der Waals surface area (Å²) in [5.41, 5.74) is 1.29. The molecule has 2 aromatic rings. The summed E-state index contributed by atoms with van der Waals surface area (Å²) in [5, 5.41) is 2.82. The molecule has 0 amide bonds. The van der Waals surface area contributed by atoms with Crippen molar-refractivity contribution in [3.63, 3.8) is 0 Å². The van der Waals surface area contributed by atoms with Crippen molar-refractivity contribution in [2.24, 2.45) is 0 Å². The highest BCUT2D eigenvalue weighted by molar-refractivity contribution is 5.53. The second-order valence-electron chi connectivity index (χ2n) is 4.20. The highest BCUT2D eigenvalue weighted by Crippen LogP contribution is 2.34. The first-order valence-corrected chi connectivity index (χ1v) is 5.78. The third-order valence-electron chi connectivity index (χ3n) is 2.85. The number of halogens is 3. The third kappa shape index (κ3) is 3.24. The van der Waals surface area contributed by atoms with Gasteiger partial charge in [-0.15, -0.1) is 0 Å². The maximum atomic E-state index is 12.8. The van der Waals surface area contributed by atoms with Crippen LogP contribution in [0.15, 0.2) is 42.7 Å². The summed E-state index contributed by atoms with van der Waals surface area (Å²) in [5.74, 6) is 0. The molecule has 1 aromatic heterocycles. The van der Waals surface area contributed by atoms with Gasteiger partial charge in [0.15, 0.2) is 0 Å². The number of pyridine rings is 1. The van der Waals surface area contributed by atoms with Crippen LogP contribution in [0, 0.1) is 6.92 Å². The summed E-state index contributed by atoms with van der Waals surface area (Å²) >= 11 is 0. The van der Waals surface area contributed by atoms with Crippen LogP contribution in [0.2, 0.25) is 0 Å². The van der Waals surface area contributed by atoms with Gasteiger partial charge in [-0.3, -0.25) is 4.98 Å². The van der Waals surface area contributed by atoms with Crippen LogP contribution in [0.3, 0.4) is 0 Å². The molecule has 0 atom stereocenters. The highest BCUT2D eigenvalue weighted by atomic mass is 19.4. The Balaban J connectivity index is 2.19. The Labute approximate surface area is 109 Å². The van der Waals surface area contributed by atoms with E-state index in [0.717, 1.165) is 17.2 Å². The zero-order valence-corrected chi connectivity index (χ0v) is 10.3. The number of aryl methyl sites for hydroxylation is 1. The van der Waals surface area contributed by atoms with Gasteiger partial charge in [0.2, 0.25) is 0 Å². The van der Waals surface area contributed by atoms with E-state index >= 15 is 0 Å². The van der Waals surface area contributed by atoms with Crippen molar-refractivity contribution >= 4 is 5.69 Å². The van der Waals surface area contributed by atoms with Crippen LogP contribution in [0.1, 0.15) is 16.7 Å². The minimum Gasteiger partial charge on any atom is -0.380 e. The molecule has 0 radical (unpaired) electrons. The molecule has 0 bridgehead atoms. The van der Waals surface area contributed by atoms with Crippen LogP contribution in [0.4, 0.5) is 18.9 Å². The van der Waals surface area contributed by atoms with E-state index in [9.17, 15) is 13.2 Å². The van der Waals surface area contributed by atoms with E-state index in [1.807, 2.05) is 13.0 Å². The van der Waals surface area contributed by atoms with Crippen LogP contribution >= 0.6 is 0 Å². The van der Waals surface area contributed by atoms with Gasteiger partial charge in [-0.2, -0.15) is 13.2 Å². The van der Waals surface area contributed by atoms with Gasteiger partial charge in [0.1, 0.15) is 0 Å². The van der Waals surface area contributed by atoms with E-state index in [0.29, 0.717) is 6.54 Å². The monoisotopic (exact) mass is 266 g/mol. The number of rotatable bonds is 3. The molecule has 0 fully saturated rings. The van der Waals surface area contributed by atoms with Crippen molar-refractivity contribution < 1.29 is 13.2 Å². The van der Waals surface area contributed by atoms with Crippen molar-refractivity contribution in [3.05, 3.63) is 59.4 Å². The number of anilines is 1. The first kappa shape index (κ1) is 13.4. The average molecular weight is 266 g/mol. The fourth-order valence-corrected chi connectivity index (χ4v) is 1.76. The Morgan fingerprint density at radius 2 is 1.89 bits per heavy atom. The quantitative estimate of drug-likeness (QED) is 0.907. The van der Waals surface area contributed by atoms with Crippen LogP contribution in [0.5, 0.6) is 0 Å². The second-order valence-corrected chi connectivity index (χ2v) is 4.20. The molecule has 1 heterocycles. The number of hydrogen-bond acceptors (Lipinski definition) is 2. The van der Waals surface area contributed by atoms with Gasteiger partial charge in [-0.1, -0.05) is 12.1 Å². The number of alkyl halides is 3. The van der Waals surface area contributed by atoms with Gasteiger partial charge in [0.25, 0.3) is 0 Å². The van der Waals surface area contributed by atoms with E-state index in [-0.39, 0.29) is 5.69 Å². The van der Waals surface area contributed by atoms with E-state index in [1.54, 1.807) is 18.5 Å². The number of para-hydroxylation sites is 1. The molecule has 2 nitrogen and oxygen atoms in total. The largest absolute Gasteiger partial charge is 0.418 e. The lowest BCUT2D eigenvalue weighted by Crippen LogP contribution is -2.11. The van der Waals surface area contributed by atoms with Crippen LogP contribution in [-0.4, -0.2) is 4.98 Å². The standard InChI is InChI=1S/C14H13F3N2/c1-10-6-7-18-8-11(10)9-19-13-5-3-2-4-12(13)14(15,16)17/h2-8,19H,9H2,1H3. The molecule has 0 aliphatic rings. The van der Waals surface area contributed by atoms with Gasteiger partial charge in [0, 0.05) is 24.6 Å². The molecule has 1 N–H and O–H groups in total. The first-order chi connectivity index (χ1) is 8.98. The molecular formula is C14H13F3N2. The van der Waals surface area contributed by atoms with Gasteiger partial charge >= 0.3 is 6.18 Å². The van der Waals surface area contributed by atoms with Crippen molar-refractivity contribution in [1.82, 2.24) is 4.98 Å². The van der Waals surface area contributed by atoms with Gasteiger partial charge in [-0.05, 0) is 36.2 Å². The molecule has 0 saturated heterocycles. The minimum absolute atomic E-state index is 0.0817. The lowest BCUT2D eigenvalue weighted by Gasteiger charge is -2.14. The SMILES string of the molecule is Cc1ccncc1CNc1ccccc1C(F)(F)F. The van der Waals surface area contributed by atoms with Gasteiger partial charge in [-0.25, -0.2) is 0 Å². The summed E-state index contributed by atoms with van der Waals surface area (Å²) in [6.07, 6.45) is -1.05. The van der Waals surface area contributed by atoms with E-state index < -0.39 is 11.7 Å². The number of benzene rings is 1. The number of aromatic nitrogens is 1. The zero-order chi connectivity index (χ0) is 13.9. The second kappa shape index (κ2) is 5.30. The Bertz CT molecular complexity index is 565. The molecule has 0 aliphatic carbocycles. The predicted octanol–water partition coefficient (Wildman–Crippen LogP) is 4.02. The Morgan fingerprint density at radius 1 is 1.16 bits per heavy atom. The Morgan fingerprint density at radius 3 is 2.58 bits per heavy atom. The summed E-state index contributed by atoms with van der Waals surface area (Å²) in [4.78, 5) is 3.97. The third-order valence-corrected chi connectivity index (χ3v) is 2.85. The fourth-order valence-electron chi connectivity index (χ4n) is 1.76. The zero-order valence-electron chi connectivity index (χ0n) is 10.3. The molecule has 1 aromatic carbocycles. The molecule has 5 heteroatoms. The molecular weight excluding hydrogens is 253 g/mol. The lowest BCUT2D eigenvalue weighted by molar-refractivity contribution is -0.136. The molecule has 0 aliphatic heterocycles. The van der Waals surface area contributed by atoms with Gasteiger partial charge < -0.3 is 5.32 Å². The number of nitrogens with one attached hydrogen (secondary N) is 1. The summed E-state index contributed by atoms with van der Waals surface area (Å²) in [7, 11) is 0. The molecule has 2 rings (SSSR count). The summed E-state index contributed by atoms with van der Waals surface area (Å²) in [6.45, 7) is 2.21. The van der Waals surface area contributed by atoms with Crippen molar-refractivity contribution in [3.8, 4) is 0 Å². The van der Waals surface area contributed by atoms with Crippen LogP contribution in [-0.2, 0) is 12.7 Å². The predicted molar refractivity (Wildman–Crippen MR) is 67.7 cm³/mol. The minimum atomic E-state index is -4.35. The Hall–Kier alpha value is -2.04. The molecule has 0 spiro atoms. The van der Waals surface area contributed by atoms with Gasteiger partial charge in [0.05, 0.1) is 5.56 Å². The highest BCUT2D eigenvalue weighted by Gasteiger charge is 2.32. The topological polar surface area (TPSA) is 24.9 Å². The van der Waals surface area contributed by atoms with Crippen molar-refractivity contribution in [2.75, 3.05) is 5.32 Å².